The highest BCUT2D eigenvalue weighted by Gasteiger charge is 2.35. The average molecular weight is 354 g/mol. The highest BCUT2D eigenvalue weighted by Crippen LogP contribution is 2.29. The molecular formula is C14H18N4O5S. The average Bonchev–Trinajstić information content (AvgIpc) is 3.22. The number of nitrogens with one attached hydrogen (secondary N) is 1. The van der Waals surface area contributed by atoms with Crippen molar-refractivity contribution in [2.45, 2.75) is 24.3 Å². The van der Waals surface area contributed by atoms with E-state index in [0.29, 0.717) is 31.0 Å². The van der Waals surface area contributed by atoms with Crippen molar-refractivity contribution in [3.63, 3.8) is 0 Å². The summed E-state index contributed by atoms with van der Waals surface area (Å²) in [4.78, 5) is 14.3. The lowest BCUT2D eigenvalue weighted by Gasteiger charge is -2.34. The molecule has 3 heterocycles. The second-order valence-electron chi connectivity index (χ2n) is 5.55. The molecule has 0 aromatic carbocycles. The van der Waals surface area contributed by atoms with Crippen molar-refractivity contribution in [1.29, 1.82) is 0 Å². The highest BCUT2D eigenvalue weighted by atomic mass is 32.2. The van der Waals surface area contributed by atoms with Crippen LogP contribution in [-0.2, 0) is 21.0 Å². The van der Waals surface area contributed by atoms with E-state index in [-0.39, 0.29) is 23.2 Å². The Hall–Kier alpha value is -2.20. The number of nitrogens with zero attached hydrogens (tertiary/aromatic N) is 3. The quantitative estimate of drug-likeness (QED) is 0.853. The second-order valence-corrected chi connectivity index (χ2v) is 7.53. The smallest absolute Gasteiger partial charge is 0.293 e. The van der Waals surface area contributed by atoms with Gasteiger partial charge in [0.05, 0.1) is 36.8 Å². The van der Waals surface area contributed by atoms with Gasteiger partial charge in [0.2, 0.25) is 5.76 Å². The molecule has 24 heavy (non-hydrogen) atoms. The number of hydrogen-bond acceptors (Lipinski definition) is 7. The van der Waals surface area contributed by atoms with Crippen molar-refractivity contribution < 1.29 is 22.5 Å². The fraction of sp³-hybridized carbons (Fsp3) is 0.500. The van der Waals surface area contributed by atoms with Crippen molar-refractivity contribution in [1.82, 2.24) is 20.3 Å². The van der Waals surface area contributed by atoms with Gasteiger partial charge in [-0.3, -0.25) is 9.89 Å². The minimum absolute atomic E-state index is 0.0580. The lowest BCUT2D eigenvalue weighted by atomic mass is 10.1. The number of ether oxygens (including phenoxy) is 1. The lowest BCUT2D eigenvalue weighted by molar-refractivity contribution is -0.00660. The Balaban J connectivity index is 1.94. The number of sulfone groups is 1. The van der Waals surface area contributed by atoms with Gasteiger partial charge >= 0.3 is 0 Å². The third-order valence-corrected chi connectivity index (χ3v) is 5.01. The molecule has 2 aromatic heterocycles. The van der Waals surface area contributed by atoms with Gasteiger partial charge in [-0.2, -0.15) is 5.10 Å². The predicted molar refractivity (Wildman–Crippen MR) is 82.2 cm³/mol. The lowest BCUT2D eigenvalue weighted by Crippen LogP contribution is -2.43. The molecule has 0 bridgehead atoms. The number of aromatic nitrogens is 3. The summed E-state index contributed by atoms with van der Waals surface area (Å²) in [6.45, 7) is 2.76. The van der Waals surface area contributed by atoms with Crippen LogP contribution in [0.5, 0.6) is 0 Å². The maximum Gasteiger partial charge on any atom is 0.293 e. The van der Waals surface area contributed by atoms with Gasteiger partial charge in [0.15, 0.2) is 9.84 Å². The van der Waals surface area contributed by atoms with Crippen LogP contribution in [-0.4, -0.2) is 60.6 Å². The SMILES string of the molecule is CCc1cc(C(=O)N2CCOCC2c2[nH]ncc2S(C)(=O)=O)on1. The maximum absolute atomic E-state index is 12.7. The Morgan fingerprint density at radius 2 is 2.29 bits per heavy atom. The number of amides is 1. The van der Waals surface area contributed by atoms with Gasteiger partial charge in [-0.25, -0.2) is 8.42 Å². The van der Waals surface area contributed by atoms with Crippen molar-refractivity contribution >= 4 is 15.7 Å². The number of carbonyl (C=O) groups excluding carboxylic acids is 1. The molecule has 1 atom stereocenters. The number of hydrogen-bond donors (Lipinski definition) is 1. The number of morpholine rings is 1. The van der Waals surface area contributed by atoms with Crippen molar-refractivity contribution in [3.8, 4) is 0 Å². The summed E-state index contributed by atoms with van der Waals surface area (Å²) in [7, 11) is -3.48. The van der Waals surface area contributed by atoms with E-state index in [1.54, 1.807) is 6.07 Å². The molecule has 10 heteroatoms. The van der Waals surface area contributed by atoms with E-state index < -0.39 is 15.9 Å². The molecule has 1 fully saturated rings. The summed E-state index contributed by atoms with van der Waals surface area (Å²) < 4.78 is 34.4. The van der Waals surface area contributed by atoms with Gasteiger partial charge in [-0.05, 0) is 6.42 Å². The zero-order valence-electron chi connectivity index (χ0n) is 13.4. The van der Waals surface area contributed by atoms with Gasteiger partial charge in [-0.15, -0.1) is 0 Å². The molecule has 1 aliphatic rings. The van der Waals surface area contributed by atoms with E-state index in [4.69, 9.17) is 9.26 Å². The molecule has 1 saturated heterocycles. The molecular weight excluding hydrogens is 336 g/mol. The predicted octanol–water partition coefficient (Wildman–Crippen LogP) is 0.577. The van der Waals surface area contributed by atoms with Crippen LogP contribution in [0.3, 0.4) is 0 Å². The first-order valence-electron chi connectivity index (χ1n) is 7.49. The Kier molecular flexibility index (Phi) is 4.41. The van der Waals surface area contributed by atoms with Crippen molar-refractivity contribution in [3.05, 3.63) is 29.4 Å². The first-order valence-corrected chi connectivity index (χ1v) is 9.38. The number of aromatic amines is 1. The van der Waals surface area contributed by atoms with E-state index in [9.17, 15) is 13.2 Å². The molecule has 9 nitrogen and oxygen atoms in total. The van der Waals surface area contributed by atoms with Gasteiger partial charge in [0.25, 0.3) is 5.91 Å². The van der Waals surface area contributed by atoms with Gasteiger partial charge in [-0.1, -0.05) is 12.1 Å². The topological polar surface area (TPSA) is 118 Å². The summed E-state index contributed by atoms with van der Waals surface area (Å²) in [6, 6.07) is 1.01. The Morgan fingerprint density at radius 1 is 1.50 bits per heavy atom. The van der Waals surface area contributed by atoms with E-state index in [1.807, 2.05) is 6.92 Å². The zero-order valence-corrected chi connectivity index (χ0v) is 14.2. The summed E-state index contributed by atoms with van der Waals surface area (Å²) >= 11 is 0. The van der Waals surface area contributed by atoms with E-state index in [2.05, 4.69) is 15.4 Å². The summed E-state index contributed by atoms with van der Waals surface area (Å²) in [5, 5.41) is 10.3. The number of carbonyl (C=O) groups is 1. The molecule has 3 rings (SSSR count). The molecule has 0 spiro atoms. The second kappa shape index (κ2) is 6.36. The Morgan fingerprint density at radius 3 is 2.96 bits per heavy atom. The normalized spacial score (nSPS) is 18.8. The fourth-order valence-electron chi connectivity index (χ4n) is 2.63. The summed E-state index contributed by atoms with van der Waals surface area (Å²) in [5.74, 6) is -0.233. The van der Waals surface area contributed by atoms with Crippen LogP contribution in [0.4, 0.5) is 0 Å². The van der Waals surface area contributed by atoms with Crippen LogP contribution in [0.15, 0.2) is 21.7 Å². The van der Waals surface area contributed by atoms with Crippen LogP contribution < -0.4 is 0 Å². The number of H-pyrrole nitrogens is 1. The van der Waals surface area contributed by atoms with Crippen LogP contribution in [0, 0.1) is 0 Å². The molecule has 1 amide bonds. The van der Waals surface area contributed by atoms with E-state index in [1.165, 1.54) is 11.1 Å². The third kappa shape index (κ3) is 3.06. The van der Waals surface area contributed by atoms with Crippen LogP contribution in [0.1, 0.15) is 34.9 Å². The molecule has 0 saturated carbocycles. The standard InChI is InChI=1S/C14H18N4O5S/c1-3-9-6-11(23-17-9)14(19)18-4-5-22-8-10(18)13-12(7-15-16-13)24(2,20)21/h6-7,10H,3-5,8H2,1-2H3,(H,15,16). The van der Waals surface area contributed by atoms with Crippen LogP contribution in [0.2, 0.25) is 0 Å². The summed E-state index contributed by atoms with van der Waals surface area (Å²) in [5.41, 5.74) is 1.02. The summed E-state index contributed by atoms with van der Waals surface area (Å²) in [6.07, 6.45) is 2.99. The minimum atomic E-state index is -3.48. The third-order valence-electron chi connectivity index (χ3n) is 3.89. The molecule has 2 aromatic rings. The van der Waals surface area contributed by atoms with Gasteiger partial charge in [0.1, 0.15) is 4.90 Å². The maximum atomic E-state index is 12.7. The molecule has 1 unspecified atom stereocenters. The zero-order chi connectivity index (χ0) is 17.3. The molecule has 0 aliphatic carbocycles. The Labute approximate surface area is 138 Å². The number of rotatable bonds is 4. The van der Waals surface area contributed by atoms with Crippen LogP contribution in [0.25, 0.3) is 0 Å². The first-order chi connectivity index (χ1) is 11.4. The van der Waals surface area contributed by atoms with Crippen LogP contribution >= 0.6 is 0 Å². The van der Waals surface area contributed by atoms with Crippen molar-refractivity contribution in [2.24, 2.45) is 0 Å². The fourth-order valence-corrected chi connectivity index (χ4v) is 3.45. The highest BCUT2D eigenvalue weighted by molar-refractivity contribution is 7.90. The van der Waals surface area contributed by atoms with Gasteiger partial charge < -0.3 is 14.2 Å². The van der Waals surface area contributed by atoms with E-state index >= 15 is 0 Å². The largest absolute Gasteiger partial charge is 0.377 e. The van der Waals surface area contributed by atoms with Gasteiger partial charge in [0, 0.05) is 18.9 Å². The molecule has 1 aliphatic heterocycles. The molecule has 1 N–H and O–H groups in total. The van der Waals surface area contributed by atoms with Crippen molar-refractivity contribution in [2.75, 3.05) is 26.0 Å². The first kappa shape index (κ1) is 16.7. The number of aryl methyl sites for hydroxylation is 1. The van der Waals surface area contributed by atoms with E-state index in [0.717, 1.165) is 6.26 Å². The minimum Gasteiger partial charge on any atom is -0.377 e. The Bertz CT molecular complexity index is 841. The molecule has 0 radical (unpaired) electrons. The monoisotopic (exact) mass is 354 g/mol. The molecule has 130 valence electrons.